The Labute approximate surface area is 100.0 Å². The molecule has 2 rings (SSSR count). The molecule has 1 aliphatic rings. The van der Waals surface area contributed by atoms with Crippen molar-refractivity contribution in [3.8, 4) is 5.75 Å². The van der Waals surface area contributed by atoms with Crippen LogP contribution < -0.4 is 10.1 Å². The second-order valence-electron chi connectivity index (χ2n) is 4.34. The fourth-order valence-electron chi connectivity index (χ4n) is 1.69. The summed E-state index contributed by atoms with van der Waals surface area (Å²) < 4.78 is 17.8. The average molecular weight is 237 g/mol. The highest BCUT2D eigenvalue weighted by molar-refractivity contribution is 5.77. The van der Waals surface area contributed by atoms with E-state index in [1.165, 1.54) is 43.5 Å². The second-order valence-corrected chi connectivity index (χ2v) is 4.34. The Balaban J connectivity index is 1.66. The highest BCUT2D eigenvalue weighted by Gasteiger charge is 2.17. The molecule has 0 unspecified atom stereocenters. The van der Waals surface area contributed by atoms with Crippen LogP contribution in [-0.4, -0.2) is 19.1 Å². The third-order valence-electron chi connectivity index (χ3n) is 3.00. The topological polar surface area (TPSA) is 38.3 Å². The molecular formula is C13H16FNO2. The van der Waals surface area contributed by atoms with Crippen LogP contribution in [0.15, 0.2) is 24.3 Å². The van der Waals surface area contributed by atoms with Gasteiger partial charge in [0, 0.05) is 6.54 Å². The summed E-state index contributed by atoms with van der Waals surface area (Å²) in [4.78, 5) is 11.4. The van der Waals surface area contributed by atoms with E-state index < -0.39 is 0 Å². The molecule has 1 aliphatic carbocycles. The largest absolute Gasteiger partial charge is 0.484 e. The average Bonchev–Trinajstić information content (AvgIpc) is 2.26. The van der Waals surface area contributed by atoms with E-state index >= 15 is 0 Å². The Morgan fingerprint density at radius 1 is 1.35 bits per heavy atom. The minimum atomic E-state index is -0.313. The standard InChI is InChI=1S/C13H16FNO2/c14-11-4-6-12(7-5-11)17-9-13(16)15-8-10-2-1-3-10/h4-7,10H,1-3,8-9H2,(H,15,16). The first kappa shape index (κ1) is 11.9. The SMILES string of the molecule is O=C(COc1ccc(F)cc1)NCC1CCC1. The first-order valence-electron chi connectivity index (χ1n) is 5.89. The molecular weight excluding hydrogens is 221 g/mol. The highest BCUT2D eigenvalue weighted by Crippen LogP contribution is 2.25. The molecule has 0 spiro atoms. The first-order valence-corrected chi connectivity index (χ1v) is 5.89. The summed E-state index contributed by atoms with van der Waals surface area (Å²) in [6.45, 7) is 0.726. The lowest BCUT2D eigenvalue weighted by Gasteiger charge is -2.25. The zero-order valence-electron chi connectivity index (χ0n) is 9.62. The van der Waals surface area contributed by atoms with Gasteiger partial charge in [0.05, 0.1) is 0 Å². The summed E-state index contributed by atoms with van der Waals surface area (Å²) in [6.07, 6.45) is 3.69. The lowest BCUT2D eigenvalue weighted by molar-refractivity contribution is -0.123. The van der Waals surface area contributed by atoms with Crippen molar-refractivity contribution in [2.45, 2.75) is 19.3 Å². The maximum Gasteiger partial charge on any atom is 0.257 e. The Morgan fingerprint density at radius 3 is 2.65 bits per heavy atom. The molecule has 92 valence electrons. The summed E-state index contributed by atoms with van der Waals surface area (Å²) in [6, 6.07) is 5.63. The van der Waals surface area contributed by atoms with Crippen molar-refractivity contribution in [1.82, 2.24) is 5.32 Å². The number of nitrogens with one attached hydrogen (secondary N) is 1. The molecule has 1 aromatic carbocycles. The molecule has 1 N–H and O–H groups in total. The van der Waals surface area contributed by atoms with E-state index in [-0.39, 0.29) is 18.3 Å². The molecule has 3 nitrogen and oxygen atoms in total. The molecule has 17 heavy (non-hydrogen) atoms. The van der Waals surface area contributed by atoms with Crippen LogP contribution >= 0.6 is 0 Å². The maximum atomic E-state index is 12.6. The van der Waals surface area contributed by atoms with Gasteiger partial charge in [-0.2, -0.15) is 0 Å². The van der Waals surface area contributed by atoms with Crippen LogP contribution in [0.2, 0.25) is 0 Å². The Morgan fingerprint density at radius 2 is 2.06 bits per heavy atom. The Kier molecular flexibility index (Phi) is 3.96. The van der Waals surface area contributed by atoms with Crippen molar-refractivity contribution in [3.05, 3.63) is 30.1 Å². The van der Waals surface area contributed by atoms with Gasteiger partial charge in [0.1, 0.15) is 11.6 Å². The molecule has 0 aliphatic heterocycles. The van der Waals surface area contributed by atoms with E-state index in [1.807, 2.05) is 0 Å². The number of rotatable bonds is 5. The molecule has 1 aromatic rings. The zero-order valence-corrected chi connectivity index (χ0v) is 9.62. The van der Waals surface area contributed by atoms with Crippen molar-refractivity contribution in [3.63, 3.8) is 0 Å². The van der Waals surface area contributed by atoms with E-state index in [0.29, 0.717) is 11.7 Å². The molecule has 0 aromatic heterocycles. The van der Waals surface area contributed by atoms with Gasteiger partial charge in [-0.15, -0.1) is 0 Å². The number of amides is 1. The van der Waals surface area contributed by atoms with Crippen molar-refractivity contribution in [2.75, 3.05) is 13.2 Å². The Hall–Kier alpha value is -1.58. The summed E-state index contributed by atoms with van der Waals surface area (Å²) in [5.41, 5.74) is 0. The summed E-state index contributed by atoms with van der Waals surface area (Å²) in [5, 5.41) is 2.83. The van der Waals surface area contributed by atoms with Crippen LogP contribution in [0.1, 0.15) is 19.3 Å². The fourth-order valence-corrected chi connectivity index (χ4v) is 1.69. The predicted octanol–water partition coefficient (Wildman–Crippen LogP) is 2.12. The van der Waals surface area contributed by atoms with Crippen molar-refractivity contribution >= 4 is 5.91 Å². The molecule has 0 heterocycles. The number of carbonyl (C=O) groups is 1. The van der Waals surface area contributed by atoms with Gasteiger partial charge in [0.15, 0.2) is 6.61 Å². The zero-order chi connectivity index (χ0) is 12.1. The number of benzene rings is 1. The predicted molar refractivity (Wildman–Crippen MR) is 62.2 cm³/mol. The molecule has 1 fully saturated rings. The number of hydrogen-bond donors (Lipinski definition) is 1. The smallest absolute Gasteiger partial charge is 0.257 e. The van der Waals surface area contributed by atoms with Gasteiger partial charge in [-0.25, -0.2) is 4.39 Å². The normalized spacial score (nSPS) is 15.1. The molecule has 1 amide bonds. The van der Waals surface area contributed by atoms with Gasteiger partial charge >= 0.3 is 0 Å². The Bertz CT molecular complexity index is 374. The third-order valence-corrected chi connectivity index (χ3v) is 3.00. The molecule has 0 atom stereocenters. The molecule has 1 saturated carbocycles. The lowest BCUT2D eigenvalue weighted by atomic mass is 9.85. The minimum Gasteiger partial charge on any atom is -0.484 e. The van der Waals surface area contributed by atoms with Gasteiger partial charge in [-0.1, -0.05) is 6.42 Å². The molecule has 4 heteroatoms. The van der Waals surface area contributed by atoms with Gasteiger partial charge in [-0.05, 0) is 43.0 Å². The van der Waals surface area contributed by atoms with E-state index in [9.17, 15) is 9.18 Å². The maximum absolute atomic E-state index is 12.6. The summed E-state index contributed by atoms with van der Waals surface area (Å²) >= 11 is 0. The summed E-state index contributed by atoms with van der Waals surface area (Å²) in [7, 11) is 0. The second kappa shape index (κ2) is 5.66. The van der Waals surface area contributed by atoms with E-state index in [0.717, 1.165) is 6.54 Å². The van der Waals surface area contributed by atoms with Crippen LogP contribution in [0.3, 0.4) is 0 Å². The lowest BCUT2D eigenvalue weighted by Crippen LogP contribution is -2.35. The van der Waals surface area contributed by atoms with Crippen LogP contribution in [0.4, 0.5) is 4.39 Å². The minimum absolute atomic E-state index is 0.0155. The molecule has 0 bridgehead atoms. The van der Waals surface area contributed by atoms with Crippen molar-refractivity contribution in [1.29, 1.82) is 0 Å². The van der Waals surface area contributed by atoms with Crippen molar-refractivity contribution < 1.29 is 13.9 Å². The van der Waals surface area contributed by atoms with Crippen LogP contribution in [0.5, 0.6) is 5.75 Å². The summed E-state index contributed by atoms with van der Waals surface area (Å²) in [5.74, 6) is 0.711. The number of ether oxygens (including phenoxy) is 1. The van der Waals surface area contributed by atoms with E-state index in [4.69, 9.17) is 4.74 Å². The third kappa shape index (κ3) is 3.73. The van der Waals surface area contributed by atoms with Gasteiger partial charge < -0.3 is 10.1 Å². The van der Waals surface area contributed by atoms with Crippen LogP contribution in [-0.2, 0) is 4.79 Å². The van der Waals surface area contributed by atoms with E-state index in [2.05, 4.69) is 5.32 Å². The molecule has 0 saturated heterocycles. The highest BCUT2D eigenvalue weighted by atomic mass is 19.1. The monoisotopic (exact) mass is 237 g/mol. The van der Waals surface area contributed by atoms with Gasteiger partial charge in [0.2, 0.25) is 0 Å². The number of halogens is 1. The van der Waals surface area contributed by atoms with Gasteiger partial charge in [0.25, 0.3) is 5.91 Å². The fraction of sp³-hybridized carbons (Fsp3) is 0.462. The van der Waals surface area contributed by atoms with E-state index in [1.54, 1.807) is 0 Å². The number of carbonyl (C=O) groups excluding carboxylic acids is 1. The van der Waals surface area contributed by atoms with Crippen LogP contribution in [0, 0.1) is 11.7 Å². The van der Waals surface area contributed by atoms with Crippen LogP contribution in [0.25, 0.3) is 0 Å². The first-order chi connectivity index (χ1) is 8.24. The quantitative estimate of drug-likeness (QED) is 0.851. The van der Waals surface area contributed by atoms with Crippen molar-refractivity contribution in [2.24, 2.45) is 5.92 Å². The van der Waals surface area contributed by atoms with Gasteiger partial charge in [-0.3, -0.25) is 4.79 Å². The molecule has 0 radical (unpaired) electrons. The number of hydrogen-bond acceptors (Lipinski definition) is 2.